The molecule has 0 aliphatic carbocycles. The zero-order valence-electron chi connectivity index (χ0n) is 16.4. The first-order valence-electron chi connectivity index (χ1n) is 10.0. The summed E-state index contributed by atoms with van der Waals surface area (Å²) in [5.41, 5.74) is 1.08. The maximum absolute atomic E-state index is 12.4. The number of aliphatic hydroxyl groups is 1. The number of amides is 1. The van der Waals surface area contributed by atoms with Crippen LogP contribution in [-0.4, -0.2) is 45.7 Å². The van der Waals surface area contributed by atoms with Gasteiger partial charge in [0.15, 0.2) is 0 Å². The molecular formula is C23H27NO4S. The van der Waals surface area contributed by atoms with Crippen molar-refractivity contribution in [3.63, 3.8) is 0 Å². The third kappa shape index (κ3) is 6.27. The van der Waals surface area contributed by atoms with Gasteiger partial charge < -0.3 is 15.1 Å². The zero-order valence-corrected chi connectivity index (χ0v) is 17.2. The zero-order chi connectivity index (χ0) is 20.6. The number of aromatic carboxylic acids is 1. The van der Waals surface area contributed by atoms with Crippen LogP contribution in [-0.2, 0) is 17.6 Å². The van der Waals surface area contributed by atoms with Crippen molar-refractivity contribution in [3.8, 4) is 0 Å². The minimum absolute atomic E-state index is 0.0135. The Morgan fingerprint density at radius 3 is 2.76 bits per heavy atom. The molecule has 0 spiro atoms. The van der Waals surface area contributed by atoms with Crippen LogP contribution in [0.3, 0.4) is 0 Å². The summed E-state index contributed by atoms with van der Waals surface area (Å²) in [6.07, 6.45) is 7.66. The summed E-state index contributed by atoms with van der Waals surface area (Å²) < 4.78 is 0. The van der Waals surface area contributed by atoms with E-state index in [1.165, 1.54) is 11.3 Å². The lowest BCUT2D eigenvalue weighted by molar-refractivity contribution is -0.135. The summed E-state index contributed by atoms with van der Waals surface area (Å²) >= 11 is 1.29. The van der Waals surface area contributed by atoms with Crippen LogP contribution in [0, 0.1) is 0 Å². The van der Waals surface area contributed by atoms with Gasteiger partial charge in [0.05, 0.1) is 12.1 Å². The normalized spacial score (nSPS) is 18.3. The predicted molar refractivity (Wildman–Crippen MR) is 114 cm³/mol. The number of nitrogens with zero attached hydrogens (tertiary/aromatic N) is 1. The molecule has 2 N–H and O–H groups in total. The Kier molecular flexibility index (Phi) is 7.61. The molecule has 154 valence electrons. The van der Waals surface area contributed by atoms with Crippen molar-refractivity contribution in [2.24, 2.45) is 0 Å². The number of carbonyl (C=O) groups is 2. The first-order chi connectivity index (χ1) is 14.0. The number of piperidine rings is 1. The van der Waals surface area contributed by atoms with Gasteiger partial charge in [0, 0.05) is 24.3 Å². The van der Waals surface area contributed by atoms with E-state index in [0.717, 1.165) is 36.1 Å². The summed E-state index contributed by atoms with van der Waals surface area (Å²) in [5, 5.41) is 19.3. The van der Waals surface area contributed by atoms with Crippen LogP contribution in [0.4, 0.5) is 0 Å². The number of benzene rings is 1. The highest BCUT2D eigenvalue weighted by atomic mass is 32.1. The van der Waals surface area contributed by atoms with Crippen molar-refractivity contribution in [3.05, 3.63) is 69.9 Å². The number of carbonyl (C=O) groups excluding carboxylic acids is 1. The van der Waals surface area contributed by atoms with Gasteiger partial charge in [0.2, 0.25) is 5.91 Å². The lowest BCUT2D eigenvalue weighted by Gasteiger charge is -2.34. The molecule has 1 aliphatic rings. The molecule has 0 radical (unpaired) electrons. The average molecular weight is 414 g/mol. The van der Waals surface area contributed by atoms with Crippen molar-refractivity contribution in [1.82, 2.24) is 4.90 Å². The number of aryl methyl sites for hydroxylation is 1. The Morgan fingerprint density at radius 2 is 2.03 bits per heavy atom. The monoisotopic (exact) mass is 413 g/mol. The first kappa shape index (κ1) is 21.3. The molecule has 0 unspecified atom stereocenters. The Morgan fingerprint density at radius 1 is 1.24 bits per heavy atom. The fourth-order valence-corrected chi connectivity index (χ4v) is 4.56. The van der Waals surface area contributed by atoms with Gasteiger partial charge in [-0.05, 0) is 43.4 Å². The Labute approximate surface area is 175 Å². The Bertz CT molecular complexity index is 846. The van der Waals surface area contributed by atoms with Crippen LogP contribution in [0.25, 0.3) is 0 Å². The Hall–Kier alpha value is -2.44. The Balaban J connectivity index is 1.53. The second-order valence-electron chi connectivity index (χ2n) is 7.36. The maximum Gasteiger partial charge on any atom is 0.345 e. The van der Waals surface area contributed by atoms with Gasteiger partial charge in [0.25, 0.3) is 0 Å². The van der Waals surface area contributed by atoms with Crippen LogP contribution in [0.1, 0.15) is 45.8 Å². The van der Waals surface area contributed by atoms with Gasteiger partial charge >= 0.3 is 5.97 Å². The van der Waals surface area contributed by atoms with Crippen molar-refractivity contribution >= 4 is 23.2 Å². The predicted octanol–water partition coefficient (Wildman–Crippen LogP) is 3.92. The van der Waals surface area contributed by atoms with Gasteiger partial charge in [-0.15, -0.1) is 11.3 Å². The van der Waals surface area contributed by atoms with Gasteiger partial charge in [-0.25, -0.2) is 4.79 Å². The van der Waals surface area contributed by atoms with Gasteiger partial charge in [0.1, 0.15) is 4.88 Å². The minimum Gasteiger partial charge on any atom is -0.477 e. The number of aliphatic hydroxyl groups excluding tert-OH is 1. The molecule has 2 aromatic rings. The second-order valence-corrected chi connectivity index (χ2v) is 8.53. The van der Waals surface area contributed by atoms with E-state index in [9.17, 15) is 14.7 Å². The van der Waals surface area contributed by atoms with Gasteiger partial charge in [-0.3, -0.25) is 4.79 Å². The van der Waals surface area contributed by atoms with E-state index in [0.29, 0.717) is 24.3 Å². The van der Waals surface area contributed by atoms with E-state index in [4.69, 9.17) is 5.11 Å². The van der Waals surface area contributed by atoms with Crippen LogP contribution in [0.15, 0.2) is 54.6 Å². The second kappa shape index (κ2) is 10.4. The molecule has 1 aromatic heterocycles. The SMILES string of the molecule is O=C(O)c1ccc(CCCN2C(=O)CCC[C@@H]2C=C[C@@H](O)Cc2ccccc2)s1. The third-order valence-corrected chi connectivity index (χ3v) is 6.28. The van der Waals surface area contributed by atoms with E-state index in [1.807, 2.05) is 53.5 Å². The number of thiophene rings is 1. The lowest BCUT2D eigenvalue weighted by Crippen LogP contribution is -2.43. The molecule has 2 atom stereocenters. The number of likely N-dealkylation sites (tertiary alicyclic amines) is 1. The number of carboxylic acids is 1. The number of rotatable bonds is 9. The fourth-order valence-electron chi connectivity index (χ4n) is 3.67. The maximum atomic E-state index is 12.4. The molecule has 0 bridgehead atoms. The largest absolute Gasteiger partial charge is 0.477 e. The van der Waals surface area contributed by atoms with Crippen molar-refractivity contribution < 1.29 is 19.8 Å². The molecule has 1 aromatic carbocycles. The molecular weight excluding hydrogens is 386 g/mol. The highest BCUT2D eigenvalue weighted by Crippen LogP contribution is 2.22. The summed E-state index contributed by atoms with van der Waals surface area (Å²) in [7, 11) is 0. The third-order valence-electron chi connectivity index (χ3n) is 5.15. The molecule has 5 nitrogen and oxygen atoms in total. The standard InChI is InChI=1S/C23H27NO4S/c25-19(16-17-6-2-1-3-7-17)12-11-18-8-4-10-22(26)24(18)15-5-9-20-13-14-21(29-20)23(27)28/h1-3,6-7,11-14,18-19,25H,4-5,8-10,15-16H2,(H,27,28)/t18-,19-/m1/s1. The molecule has 1 amide bonds. The molecule has 6 heteroatoms. The summed E-state index contributed by atoms with van der Waals surface area (Å²) in [5.74, 6) is -0.743. The van der Waals surface area contributed by atoms with Crippen LogP contribution >= 0.6 is 11.3 Å². The van der Waals surface area contributed by atoms with E-state index >= 15 is 0 Å². The van der Waals surface area contributed by atoms with E-state index in [1.54, 1.807) is 6.07 Å². The highest BCUT2D eigenvalue weighted by Gasteiger charge is 2.25. The minimum atomic E-state index is -0.897. The molecule has 0 saturated carbocycles. The smallest absolute Gasteiger partial charge is 0.345 e. The van der Waals surface area contributed by atoms with E-state index < -0.39 is 12.1 Å². The summed E-state index contributed by atoms with van der Waals surface area (Å²) in [4.78, 5) is 26.7. The van der Waals surface area contributed by atoms with Crippen molar-refractivity contribution in [1.29, 1.82) is 0 Å². The topological polar surface area (TPSA) is 77.8 Å². The number of hydrogen-bond donors (Lipinski definition) is 2. The van der Waals surface area contributed by atoms with Crippen molar-refractivity contribution in [2.45, 2.75) is 50.7 Å². The van der Waals surface area contributed by atoms with Crippen LogP contribution < -0.4 is 0 Å². The average Bonchev–Trinajstić information content (AvgIpc) is 3.18. The summed E-state index contributed by atoms with van der Waals surface area (Å²) in [6.45, 7) is 0.642. The van der Waals surface area contributed by atoms with Gasteiger partial charge in [-0.2, -0.15) is 0 Å². The molecule has 1 aliphatic heterocycles. The number of carboxylic acid groups (broad SMARTS) is 1. The molecule has 1 saturated heterocycles. The molecule has 29 heavy (non-hydrogen) atoms. The first-order valence-corrected chi connectivity index (χ1v) is 10.9. The van der Waals surface area contributed by atoms with E-state index in [-0.39, 0.29) is 11.9 Å². The molecule has 1 fully saturated rings. The lowest BCUT2D eigenvalue weighted by atomic mass is 9.99. The van der Waals surface area contributed by atoms with E-state index in [2.05, 4.69) is 0 Å². The quantitative estimate of drug-likeness (QED) is 0.611. The van der Waals surface area contributed by atoms with Gasteiger partial charge in [-0.1, -0.05) is 42.5 Å². The molecule has 3 rings (SSSR count). The summed E-state index contributed by atoms with van der Waals surface area (Å²) in [6, 6.07) is 13.4. The highest BCUT2D eigenvalue weighted by molar-refractivity contribution is 7.13. The number of hydrogen-bond acceptors (Lipinski definition) is 4. The molecule has 2 heterocycles. The fraction of sp³-hybridized carbons (Fsp3) is 0.391. The van der Waals surface area contributed by atoms with Crippen LogP contribution in [0.2, 0.25) is 0 Å². The van der Waals surface area contributed by atoms with Crippen LogP contribution in [0.5, 0.6) is 0 Å². The van der Waals surface area contributed by atoms with Crippen molar-refractivity contribution in [2.75, 3.05) is 6.54 Å².